The number of hydrogen-bond acceptors (Lipinski definition) is 5. The van der Waals surface area contributed by atoms with E-state index in [0.717, 1.165) is 10.2 Å². The molecule has 27 heavy (non-hydrogen) atoms. The average Bonchev–Trinajstić information content (AvgIpc) is 3.33. The predicted octanol–water partition coefficient (Wildman–Crippen LogP) is 4.28. The quantitative estimate of drug-likeness (QED) is 0.505. The molecule has 0 radical (unpaired) electrons. The van der Waals surface area contributed by atoms with Gasteiger partial charge in [0.05, 0.1) is 20.8 Å². The van der Waals surface area contributed by atoms with Gasteiger partial charge in [-0.2, -0.15) is 0 Å². The number of aromatic nitrogens is 1. The normalized spacial score (nSPS) is 10.7. The standard InChI is InChI=1S/C19H12ClN3O3S/c20-12-6-2-1-5-11(12)17(24)22-23-18(25)14-9-10-15(26-14)19-21-13-7-3-4-8-16(13)27-19/h1-10H,(H,22,24)(H,23,25). The third kappa shape index (κ3) is 3.55. The van der Waals surface area contributed by atoms with E-state index in [-0.39, 0.29) is 11.3 Å². The topological polar surface area (TPSA) is 84.2 Å². The number of rotatable bonds is 3. The second-order valence-electron chi connectivity index (χ2n) is 5.54. The molecule has 0 unspecified atom stereocenters. The number of carbonyl (C=O) groups excluding carboxylic acids is 2. The molecular formula is C19H12ClN3O3S. The summed E-state index contributed by atoms with van der Waals surface area (Å²) in [6, 6.07) is 17.5. The Morgan fingerprint density at radius 2 is 1.67 bits per heavy atom. The van der Waals surface area contributed by atoms with Crippen LogP contribution in [-0.4, -0.2) is 16.8 Å². The van der Waals surface area contributed by atoms with Crippen LogP contribution in [0.4, 0.5) is 0 Å². The van der Waals surface area contributed by atoms with E-state index in [1.807, 2.05) is 24.3 Å². The largest absolute Gasteiger partial charge is 0.448 e. The van der Waals surface area contributed by atoms with Crippen molar-refractivity contribution in [3.8, 4) is 10.8 Å². The van der Waals surface area contributed by atoms with E-state index < -0.39 is 11.8 Å². The highest BCUT2D eigenvalue weighted by Gasteiger charge is 2.16. The molecule has 2 aromatic heterocycles. The molecule has 0 aliphatic carbocycles. The molecule has 2 heterocycles. The zero-order valence-corrected chi connectivity index (χ0v) is 15.3. The molecule has 0 aliphatic rings. The first-order valence-electron chi connectivity index (χ1n) is 7.93. The summed E-state index contributed by atoms with van der Waals surface area (Å²) in [7, 11) is 0. The molecule has 0 saturated carbocycles. The zero-order valence-electron chi connectivity index (χ0n) is 13.7. The van der Waals surface area contributed by atoms with Gasteiger partial charge in [-0.1, -0.05) is 35.9 Å². The maximum atomic E-state index is 12.2. The molecule has 0 aliphatic heterocycles. The van der Waals surface area contributed by atoms with Crippen molar-refractivity contribution in [2.75, 3.05) is 0 Å². The number of benzene rings is 2. The molecule has 4 aromatic rings. The molecule has 8 heteroatoms. The minimum atomic E-state index is -0.581. The fourth-order valence-electron chi connectivity index (χ4n) is 2.44. The fourth-order valence-corrected chi connectivity index (χ4v) is 3.59. The monoisotopic (exact) mass is 397 g/mol. The van der Waals surface area contributed by atoms with Crippen molar-refractivity contribution < 1.29 is 14.0 Å². The Labute approximate surface area is 162 Å². The Morgan fingerprint density at radius 3 is 2.48 bits per heavy atom. The summed E-state index contributed by atoms with van der Waals surface area (Å²) >= 11 is 7.43. The van der Waals surface area contributed by atoms with Crippen LogP contribution in [-0.2, 0) is 0 Å². The Morgan fingerprint density at radius 1 is 0.926 bits per heavy atom. The number of thiazole rings is 1. The second kappa shape index (κ2) is 7.22. The molecule has 0 atom stereocenters. The maximum Gasteiger partial charge on any atom is 0.305 e. The Balaban J connectivity index is 1.46. The number of hydrazine groups is 1. The fraction of sp³-hybridized carbons (Fsp3) is 0. The molecule has 0 bridgehead atoms. The van der Waals surface area contributed by atoms with E-state index in [9.17, 15) is 9.59 Å². The molecule has 0 fully saturated rings. The van der Waals surface area contributed by atoms with Gasteiger partial charge in [-0.15, -0.1) is 11.3 Å². The lowest BCUT2D eigenvalue weighted by Gasteiger charge is -2.07. The smallest absolute Gasteiger partial charge is 0.305 e. The van der Waals surface area contributed by atoms with Gasteiger partial charge in [0.1, 0.15) is 0 Å². The van der Waals surface area contributed by atoms with E-state index in [4.69, 9.17) is 16.0 Å². The number of hydrogen-bond donors (Lipinski definition) is 2. The molecule has 0 spiro atoms. The van der Waals surface area contributed by atoms with Gasteiger partial charge in [0, 0.05) is 0 Å². The van der Waals surface area contributed by atoms with E-state index in [2.05, 4.69) is 15.8 Å². The minimum absolute atomic E-state index is 0.0590. The summed E-state index contributed by atoms with van der Waals surface area (Å²) in [5.74, 6) is -0.558. The average molecular weight is 398 g/mol. The van der Waals surface area contributed by atoms with Gasteiger partial charge < -0.3 is 4.42 Å². The number of nitrogens with zero attached hydrogens (tertiary/aromatic N) is 1. The van der Waals surface area contributed by atoms with Crippen molar-refractivity contribution in [1.82, 2.24) is 15.8 Å². The van der Waals surface area contributed by atoms with Gasteiger partial charge in [0.15, 0.2) is 16.5 Å². The Bertz CT molecular complexity index is 1120. The first-order chi connectivity index (χ1) is 13.1. The van der Waals surface area contributed by atoms with Crippen LogP contribution in [0.1, 0.15) is 20.9 Å². The lowest BCUT2D eigenvalue weighted by molar-refractivity contribution is 0.0831. The van der Waals surface area contributed by atoms with E-state index in [1.54, 1.807) is 30.3 Å². The molecule has 6 nitrogen and oxygen atoms in total. The van der Waals surface area contributed by atoms with Crippen molar-refractivity contribution in [2.24, 2.45) is 0 Å². The molecular weight excluding hydrogens is 386 g/mol. The summed E-state index contributed by atoms with van der Waals surface area (Å²) in [6.07, 6.45) is 0. The lowest BCUT2D eigenvalue weighted by atomic mass is 10.2. The Kier molecular flexibility index (Phi) is 4.62. The number of nitrogens with one attached hydrogen (secondary N) is 2. The molecule has 134 valence electrons. The molecule has 2 N–H and O–H groups in total. The highest BCUT2D eigenvalue weighted by atomic mass is 35.5. The maximum absolute atomic E-state index is 12.2. The van der Waals surface area contributed by atoms with Gasteiger partial charge in [-0.3, -0.25) is 20.4 Å². The minimum Gasteiger partial charge on any atom is -0.448 e. The van der Waals surface area contributed by atoms with Crippen LogP contribution in [0.3, 0.4) is 0 Å². The van der Waals surface area contributed by atoms with Crippen LogP contribution in [0.2, 0.25) is 5.02 Å². The number of carbonyl (C=O) groups is 2. The SMILES string of the molecule is O=C(NNC(=O)c1ccccc1Cl)c1ccc(-c2nc3ccccc3s2)o1. The number of fused-ring (bicyclic) bond motifs is 1. The summed E-state index contributed by atoms with van der Waals surface area (Å²) in [5, 5.41) is 0.968. The lowest BCUT2D eigenvalue weighted by Crippen LogP contribution is -2.41. The van der Waals surface area contributed by atoms with E-state index >= 15 is 0 Å². The Hall–Kier alpha value is -3.16. The van der Waals surface area contributed by atoms with Crippen molar-refractivity contribution in [1.29, 1.82) is 0 Å². The molecule has 0 saturated heterocycles. The van der Waals surface area contributed by atoms with E-state index in [1.165, 1.54) is 17.4 Å². The van der Waals surface area contributed by atoms with Gasteiger partial charge in [-0.25, -0.2) is 4.98 Å². The highest BCUT2D eigenvalue weighted by Crippen LogP contribution is 2.31. The number of amides is 2. The number of furan rings is 1. The van der Waals surface area contributed by atoms with E-state index in [0.29, 0.717) is 15.8 Å². The van der Waals surface area contributed by atoms with Gasteiger partial charge in [-0.05, 0) is 36.4 Å². The molecule has 4 rings (SSSR count). The third-order valence-electron chi connectivity index (χ3n) is 3.74. The van der Waals surface area contributed by atoms with Crippen LogP contribution in [0.5, 0.6) is 0 Å². The van der Waals surface area contributed by atoms with Crippen LogP contribution < -0.4 is 10.9 Å². The molecule has 2 amide bonds. The van der Waals surface area contributed by atoms with Crippen molar-refractivity contribution in [2.45, 2.75) is 0 Å². The predicted molar refractivity (Wildman–Crippen MR) is 104 cm³/mol. The van der Waals surface area contributed by atoms with Crippen molar-refractivity contribution in [3.05, 3.63) is 77.0 Å². The highest BCUT2D eigenvalue weighted by molar-refractivity contribution is 7.21. The van der Waals surface area contributed by atoms with Crippen LogP contribution >= 0.6 is 22.9 Å². The van der Waals surface area contributed by atoms with Crippen molar-refractivity contribution >= 4 is 45.0 Å². The van der Waals surface area contributed by atoms with Crippen LogP contribution in [0, 0.1) is 0 Å². The van der Waals surface area contributed by atoms with Gasteiger partial charge in [0.25, 0.3) is 5.91 Å². The van der Waals surface area contributed by atoms with Gasteiger partial charge >= 0.3 is 5.91 Å². The van der Waals surface area contributed by atoms with Crippen LogP contribution in [0.15, 0.2) is 65.1 Å². The zero-order chi connectivity index (χ0) is 18.8. The summed E-state index contributed by atoms with van der Waals surface area (Å²) in [4.78, 5) is 28.8. The first-order valence-corrected chi connectivity index (χ1v) is 9.12. The number of para-hydroxylation sites is 1. The van der Waals surface area contributed by atoms with Gasteiger partial charge in [0.2, 0.25) is 0 Å². The van der Waals surface area contributed by atoms with Crippen LogP contribution in [0.25, 0.3) is 21.0 Å². The summed E-state index contributed by atoms with van der Waals surface area (Å²) < 4.78 is 6.61. The molecule has 2 aromatic carbocycles. The van der Waals surface area contributed by atoms with Crippen molar-refractivity contribution in [3.63, 3.8) is 0 Å². The summed E-state index contributed by atoms with van der Waals surface area (Å²) in [6.45, 7) is 0. The second-order valence-corrected chi connectivity index (χ2v) is 6.98. The first kappa shape index (κ1) is 17.3. The third-order valence-corrected chi connectivity index (χ3v) is 5.12. The number of halogens is 1. The summed E-state index contributed by atoms with van der Waals surface area (Å²) in [5.41, 5.74) is 5.75.